The van der Waals surface area contributed by atoms with E-state index in [0.717, 1.165) is 19.3 Å². The molecule has 0 saturated heterocycles. The molecule has 0 aliphatic heterocycles. The van der Waals surface area contributed by atoms with Gasteiger partial charge in [0, 0.05) is 11.7 Å². The van der Waals surface area contributed by atoms with Crippen molar-refractivity contribution in [3.8, 4) is 5.75 Å². The van der Waals surface area contributed by atoms with E-state index >= 15 is 0 Å². The van der Waals surface area contributed by atoms with Crippen LogP contribution < -0.4 is 10.5 Å². The number of amidine groups is 1. The molecule has 118 valence electrons. The van der Waals surface area contributed by atoms with E-state index in [4.69, 9.17) is 15.9 Å². The zero-order valence-electron chi connectivity index (χ0n) is 12.8. The zero-order chi connectivity index (χ0) is 16.1. The Morgan fingerprint density at radius 2 is 2.00 bits per heavy atom. The predicted molar refractivity (Wildman–Crippen MR) is 84.6 cm³/mol. The molecule has 6 heteroatoms. The van der Waals surface area contributed by atoms with Gasteiger partial charge < -0.3 is 10.5 Å². The van der Waals surface area contributed by atoms with Gasteiger partial charge in [0.2, 0.25) is 0 Å². The van der Waals surface area contributed by atoms with Crippen molar-refractivity contribution < 1.29 is 13.2 Å². The second kappa shape index (κ2) is 6.93. The number of nitrogens with two attached hydrogens (primary N) is 1. The van der Waals surface area contributed by atoms with Crippen LogP contribution in [0.5, 0.6) is 5.75 Å². The third kappa shape index (κ3) is 5.75. The third-order valence-corrected chi connectivity index (χ3v) is 4.54. The van der Waals surface area contributed by atoms with E-state index in [1.807, 2.05) is 13.8 Å². The maximum absolute atomic E-state index is 11.4. The first-order valence-electron chi connectivity index (χ1n) is 6.90. The van der Waals surface area contributed by atoms with E-state index in [1.165, 1.54) is 12.3 Å². The summed E-state index contributed by atoms with van der Waals surface area (Å²) in [5, 5.41) is 7.48. The molecule has 0 unspecified atom stereocenters. The first-order chi connectivity index (χ1) is 9.63. The van der Waals surface area contributed by atoms with Crippen LogP contribution in [0.25, 0.3) is 0 Å². The molecule has 0 fully saturated rings. The van der Waals surface area contributed by atoms with Crippen molar-refractivity contribution in [2.75, 3.05) is 12.9 Å². The fourth-order valence-electron chi connectivity index (χ4n) is 1.79. The summed E-state index contributed by atoms with van der Waals surface area (Å²) in [6.45, 7) is 4.42. The van der Waals surface area contributed by atoms with E-state index < -0.39 is 9.84 Å². The van der Waals surface area contributed by atoms with Crippen LogP contribution in [0, 0.1) is 10.8 Å². The fourth-order valence-corrected chi connectivity index (χ4v) is 2.44. The molecular weight excluding hydrogens is 288 g/mol. The highest BCUT2D eigenvalue weighted by atomic mass is 32.2. The van der Waals surface area contributed by atoms with Crippen molar-refractivity contribution in [3.05, 3.63) is 24.3 Å². The van der Waals surface area contributed by atoms with Crippen LogP contribution in [0.4, 0.5) is 0 Å². The number of nitrogens with one attached hydrogen (secondary N) is 1. The molecule has 0 saturated carbocycles. The molecule has 0 atom stereocenters. The van der Waals surface area contributed by atoms with E-state index in [-0.39, 0.29) is 16.1 Å². The van der Waals surface area contributed by atoms with E-state index in [9.17, 15) is 8.42 Å². The minimum absolute atomic E-state index is 0.198. The van der Waals surface area contributed by atoms with Gasteiger partial charge in [-0.25, -0.2) is 8.42 Å². The summed E-state index contributed by atoms with van der Waals surface area (Å²) in [6, 6.07) is 6.51. The molecular formula is C15H24N2O3S. The van der Waals surface area contributed by atoms with Crippen LogP contribution >= 0.6 is 0 Å². The lowest BCUT2D eigenvalue weighted by Crippen LogP contribution is -2.30. The second-order valence-electron chi connectivity index (χ2n) is 5.85. The summed E-state index contributed by atoms with van der Waals surface area (Å²) >= 11 is 0. The van der Waals surface area contributed by atoms with E-state index in [1.54, 1.807) is 18.2 Å². The van der Waals surface area contributed by atoms with Gasteiger partial charge in [-0.05, 0) is 37.5 Å². The maximum Gasteiger partial charge on any atom is 0.175 e. The lowest BCUT2D eigenvalue weighted by atomic mass is 9.86. The van der Waals surface area contributed by atoms with Gasteiger partial charge in [-0.15, -0.1) is 0 Å². The highest BCUT2D eigenvalue weighted by Gasteiger charge is 2.20. The molecule has 3 N–H and O–H groups in total. The van der Waals surface area contributed by atoms with Gasteiger partial charge in [-0.2, -0.15) is 0 Å². The minimum Gasteiger partial charge on any atom is -0.494 e. The lowest BCUT2D eigenvalue weighted by Gasteiger charge is -2.22. The number of hydrogen-bond acceptors (Lipinski definition) is 4. The van der Waals surface area contributed by atoms with Gasteiger partial charge in [0.05, 0.1) is 17.3 Å². The molecule has 5 nitrogen and oxygen atoms in total. The average molecular weight is 312 g/mol. The van der Waals surface area contributed by atoms with Crippen LogP contribution in [0.1, 0.15) is 33.1 Å². The van der Waals surface area contributed by atoms with Crippen LogP contribution in [0.2, 0.25) is 0 Å². The summed E-state index contributed by atoms with van der Waals surface area (Å²) < 4.78 is 28.5. The molecule has 0 amide bonds. The Kier molecular flexibility index (Phi) is 5.78. The molecule has 0 radical (unpaired) electrons. The largest absolute Gasteiger partial charge is 0.494 e. The van der Waals surface area contributed by atoms with Crippen molar-refractivity contribution in [1.29, 1.82) is 5.41 Å². The molecule has 0 heterocycles. The third-order valence-electron chi connectivity index (χ3n) is 3.43. The SMILES string of the molecule is CC(C)(CCCCOc1cccc(S(C)(=O)=O)c1)C(=N)N. The predicted octanol–water partition coefficient (Wildman–Crippen LogP) is 2.60. The van der Waals surface area contributed by atoms with Gasteiger partial charge in [0.15, 0.2) is 9.84 Å². The summed E-state index contributed by atoms with van der Waals surface area (Å²) in [5.74, 6) is 0.757. The second-order valence-corrected chi connectivity index (χ2v) is 7.87. The zero-order valence-corrected chi connectivity index (χ0v) is 13.7. The maximum atomic E-state index is 11.4. The standard InChI is InChI=1S/C15H24N2O3S/c1-15(2,14(16)17)9-4-5-10-20-12-7-6-8-13(11-12)21(3,18)19/h6-8,11H,4-5,9-10H2,1-3H3,(H3,16,17). The lowest BCUT2D eigenvalue weighted by molar-refractivity contribution is 0.295. The number of benzene rings is 1. The van der Waals surface area contributed by atoms with Crippen LogP contribution in [-0.4, -0.2) is 27.1 Å². The van der Waals surface area contributed by atoms with Gasteiger partial charge in [0.25, 0.3) is 0 Å². The number of hydrogen-bond donors (Lipinski definition) is 2. The molecule has 1 aromatic rings. The van der Waals surface area contributed by atoms with Gasteiger partial charge in [-0.3, -0.25) is 5.41 Å². The van der Waals surface area contributed by atoms with Gasteiger partial charge >= 0.3 is 0 Å². The molecule has 1 rings (SSSR count). The molecule has 0 spiro atoms. The minimum atomic E-state index is -3.21. The number of sulfone groups is 1. The van der Waals surface area contributed by atoms with Crippen molar-refractivity contribution in [1.82, 2.24) is 0 Å². The summed E-state index contributed by atoms with van der Waals surface area (Å²) in [4.78, 5) is 0.262. The molecule has 0 aromatic heterocycles. The highest BCUT2D eigenvalue weighted by molar-refractivity contribution is 7.90. The van der Waals surface area contributed by atoms with Crippen molar-refractivity contribution in [2.45, 2.75) is 38.0 Å². The van der Waals surface area contributed by atoms with Crippen LogP contribution in [0.15, 0.2) is 29.2 Å². The summed E-state index contributed by atoms with van der Waals surface area (Å²) in [5.41, 5.74) is 5.25. The molecule has 0 aliphatic carbocycles. The Morgan fingerprint density at radius 3 is 2.57 bits per heavy atom. The molecule has 0 aliphatic rings. The van der Waals surface area contributed by atoms with Crippen molar-refractivity contribution >= 4 is 15.7 Å². The molecule has 21 heavy (non-hydrogen) atoms. The van der Waals surface area contributed by atoms with Crippen LogP contribution in [-0.2, 0) is 9.84 Å². The smallest absolute Gasteiger partial charge is 0.175 e. The van der Waals surface area contributed by atoms with Crippen molar-refractivity contribution in [2.24, 2.45) is 11.1 Å². The first kappa shape index (κ1) is 17.5. The van der Waals surface area contributed by atoms with E-state index in [2.05, 4.69) is 0 Å². The Labute approximate surface area is 126 Å². The molecule has 1 aromatic carbocycles. The fraction of sp³-hybridized carbons (Fsp3) is 0.533. The highest BCUT2D eigenvalue weighted by Crippen LogP contribution is 2.23. The first-order valence-corrected chi connectivity index (χ1v) is 8.79. The Hall–Kier alpha value is -1.56. The quantitative estimate of drug-likeness (QED) is 0.438. The van der Waals surface area contributed by atoms with Crippen LogP contribution in [0.3, 0.4) is 0 Å². The normalized spacial score (nSPS) is 12.1. The number of rotatable bonds is 8. The average Bonchev–Trinajstić information content (AvgIpc) is 2.37. The number of unbranched alkanes of at least 4 members (excludes halogenated alkanes) is 1. The molecule has 0 bridgehead atoms. The van der Waals surface area contributed by atoms with E-state index in [0.29, 0.717) is 12.4 Å². The summed E-state index contributed by atoms with van der Waals surface area (Å²) in [6.07, 6.45) is 3.74. The monoisotopic (exact) mass is 312 g/mol. The van der Waals surface area contributed by atoms with Gasteiger partial charge in [-0.1, -0.05) is 19.9 Å². The number of ether oxygens (including phenoxy) is 1. The topological polar surface area (TPSA) is 93.2 Å². The van der Waals surface area contributed by atoms with Gasteiger partial charge in [0.1, 0.15) is 5.75 Å². The Balaban J connectivity index is 2.42. The van der Waals surface area contributed by atoms with Crippen molar-refractivity contribution in [3.63, 3.8) is 0 Å². The summed E-state index contributed by atoms with van der Waals surface area (Å²) in [7, 11) is -3.21. The Bertz CT molecular complexity index is 595. The Morgan fingerprint density at radius 1 is 1.33 bits per heavy atom.